The van der Waals surface area contributed by atoms with Crippen LogP contribution in [0.3, 0.4) is 0 Å². The molecule has 2 aromatic rings. The highest BCUT2D eigenvalue weighted by Gasteiger charge is 2.22. The Labute approximate surface area is 117 Å². The third kappa shape index (κ3) is 3.20. The second-order valence-electron chi connectivity index (χ2n) is 4.27. The first-order valence-electron chi connectivity index (χ1n) is 5.92. The van der Waals surface area contributed by atoms with Gasteiger partial charge in [0.15, 0.2) is 0 Å². The Morgan fingerprint density at radius 3 is 2.68 bits per heavy atom. The Hall–Kier alpha value is -1.24. The van der Waals surface area contributed by atoms with Crippen molar-refractivity contribution in [1.29, 1.82) is 0 Å². The first kappa shape index (κ1) is 14.2. The van der Waals surface area contributed by atoms with Gasteiger partial charge in [0.25, 0.3) is 0 Å². The molecule has 2 rings (SSSR count). The Morgan fingerprint density at radius 1 is 1.32 bits per heavy atom. The summed E-state index contributed by atoms with van der Waals surface area (Å²) in [6.07, 6.45) is 2.37. The van der Waals surface area contributed by atoms with Gasteiger partial charge >= 0.3 is 0 Å². The maximum atomic E-state index is 12.4. The number of thiazole rings is 1. The van der Waals surface area contributed by atoms with E-state index in [4.69, 9.17) is 0 Å². The fourth-order valence-electron chi connectivity index (χ4n) is 1.76. The van der Waals surface area contributed by atoms with E-state index in [2.05, 4.69) is 4.98 Å². The number of sulfonamides is 1. The summed E-state index contributed by atoms with van der Waals surface area (Å²) in [5.41, 5.74) is 0.767. The minimum atomic E-state index is -3.41. The molecule has 4 nitrogen and oxygen atoms in total. The van der Waals surface area contributed by atoms with Crippen molar-refractivity contribution in [3.8, 4) is 0 Å². The standard InChI is InChI=1S/C13H16N2O2S2/c1-11-5-3-4-6-12(11)19(16,17)15(2)9-7-13-14-8-10-18-13/h3-6,8,10H,7,9H2,1-2H3. The zero-order chi connectivity index (χ0) is 13.9. The first-order valence-corrected chi connectivity index (χ1v) is 8.24. The minimum absolute atomic E-state index is 0.372. The average Bonchev–Trinajstić information content (AvgIpc) is 2.89. The molecular weight excluding hydrogens is 280 g/mol. The van der Waals surface area contributed by atoms with Crippen molar-refractivity contribution in [2.75, 3.05) is 13.6 Å². The molecule has 0 aliphatic heterocycles. The Balaban J connectivity index is 2.13. The van der Waals surface area contributed by atoms with Crippen molar-refractivity contribution in [2.45, 2.75) is 18.2 Å². The van der Waals surface area contributed by atoms with Gasteiger partial charge in [-0.2, -0.15) is 0 Å². The van der Waals surface area contributed by atoms with Crippen LogP contribution in [0.25, 0.3) is 0 Å². The van der Waals surface area contributed by atoms with E-state index in [1.807, 2.05) is 24.4 Å². The molecule has 0 saturated heterocycles. The van der Waals surface area contributed by atoms with Crippen molar-refractivity contribution < 1.29 is 8.42 Å². The molecule has 6 heteroatoms. The Kier molecular flexibility index (Phi) is 4.34. The molecule has 0 fully saturated rings. The third-order valence-corrected chi connectivity index (χ3v) is 5.76. The number of hydrogen-bond acceptors (Lipinski definition) is 4. The van der Waals surface area contributed by atoms with Crippen molar-refractivity contribution in [3.05, 3.63) is 46.4 Å². The van der Waals surface area contributed by atoms with Crippen molar-refractivity contribution in [3.63, 3.8) is 0 Å². The highest BCUT2D eigenvalue weighted by atomic mass is 32.2. The van der Waals surface area contributed by atoms with Gasteiger partial charge < -0.3 is 0 Å². The third-order valence-electron chi connectivity index (χ3n) is 2.91. The van der Waals surface area contributed by atoms with Crippen molar-refractivity contribution in [1.82, 2.24) is 9.29 Å². The van der Waals surface area contributed by atoms with Gasteiger partial charge in [-0.1, -0.05) is 18.2 Å². The maximum absolute atomic E-state index is 12.4. The zero-order valence-corrected chi connectivity index (χ0v) is 12.5. The minimum Gasteiger partial charge on any atom is -0.250 e. The number of likely N-dealkylation sites (N-methyl/N-ethyl adjacent to an activating group) is 1. The lowest BCUT2D eigenvalue weighted by molar-refractivity contribution is 0.472. The van der Waals surface area contributed by atoms with Crippen LogP contribution in [0.15, 0.2) is 40.7 Å². The van der Waals surface area contributed by atoms with Gasteiger partial charge in [-0.15, -0.1) is 11.3 Å². The number of nitrogens with zero attached hydrogens (tertiary/aromatic N) is 2. The van der Waals surface area contributed by atoms with Crippen LogP contribution in [0.5, 0.6) is 0 Å². The lowest BCUT2D eigenvalue weighted by Gasteiger charge is -2.17. The maximum Gasteiger partial charge on any atom is 0.243 e. The second kappa shape index (κ2) is 5.81. The molecule has 1 heterocycles. The molecule has 19 heavy (non-hydrogen) atoms. The monoisotopic (exact) mass is 296 g/mol. The molecule has 1 aromatic heterocycles. The number of rotatable bonds is 5. The van der Waals surface area contributed by atoms with Crippen LogP contribution < -0.4 is 0 Å². The van der Waals surface area contributed by atoms with Crippen molar-refractivity contribution >= 4 is 21.4 Å². The number of aromatic nitrogens is 1. The summed E-state index contributed by atoms with van der Waals surface area (Å²) in [7, 11) is -1.81. The number of benzene rings is 1. The van der Waals surface area contributed by atoms with E-state index < -0.39 is 10.0 Å². The van der Waals surface area contributed by atoms with Gasteiger partial charge in [0, 0.05) is 31.6 Å². The van der Waals surface area contributed by atoms with E-state index >= 15 is 0 Å². The average molecular weight is 296 g/mol. The quantitative estimate of drug-likeness (QED) is 0.851. The summed E-state index contributed by atoms with van der Waals surface area (Å²) in [4.78, 5) is 4.53. The van der Waals surface area contributed by atoms with Gasteiger partial charge in [-0.05, 0) is 18.6 Å². The summed E-state index contributed by atoms with van der Waals surface area (Å²) >= 11 is 1.54. The fourth-order valence-corrected chi connectivity index (χ4v) is 3.77. The molecule has 0 amide bonds. The topological polar surface area (TPSA) is 50.3 Å². The predicted octanol–water partition coefficient (Wildman–Crippen LogP) is 2.31. The molecule has 0 bridgehead atoms. The molecule has 102 valence electrons. The lowest BCUT2D eigenvalue weighted by atomic mass is 10.2. The van der Waals surface area contributed by atoms with Crippen LogP contribution in [-0.2, 0) is 16.4 Å². The SMILES string of the molecule is Cc1ccccc1S(=O)(=O)N(C)CCc1nccs1. The second-order valence-corrected chi connectivity index (χ2v) is 7.26. The van der Waals surface area contributed by atoms with Gasteiger partial charge in [-0.3, -0.25) is 0 Å². The first-order chi connectivity index (χ1) is 9.01. The van der Waals surface area contributed by atoms with Gasteiger partial charge in [-0.25, -0.2) is 17.7 Å². The van der Waals surface area contributed by atoms with E-state index in [0.717, 1.165) is 10.6 Å². The van der Waals surface area contributed by atoms with Crippen molar-refractivity contribution in [2.24, 2.45) is 0 Å². The predicted molar refractivity (Wildman–Crippen MR) is 76.8 cm³/mol. The largest absolute Gasteiger partial charge is 0.250 e. The number of aryl methyl sites for hydroxylation is 1. The highest BCUT2D eigenvalue weighted by Crippen LogP contribution is 2.18. The fraction of sp³-hybridized carbons (Fsp3) is 0.308. The summed E-state index contributed by atoms with van der Waals surface area (Å²) in [5, 5.41) is 2.84. The molecular formula is C13H16N2O2S2. The molecule has 0 spiro atoms. The van der Waals surface area contributed by atoms with Crippen LogP contribution in [-0.4, -0.2) is 31.3 Å². The van der Waals surface area contributed by atoms with Crippen LogP contribution in [0.4, 0.5) is 0 Å². The van der Waals surface area contributed by atoms with E-state index in [-0.39, 0.29) is 0 Å². The number of hydrogen-bond donors (Lipinski definition) is 0. The molecule has 0 N–H and O–H groups in total. The van der Waals surface area contributed by atoms with E-state index in [9.17, 15) is 8.42 Å². The molecule has 0 saturated carbocycles. The van der Waals surface area contributed by atoms with Gasteiger partial charge in [0.1, 0.15) is 0 Å². The van der Waals surface area contributed by atoms with Gasteiger partial charge in [0.05, 0.1) is 9.90 Å². The van der Waals surface area contributed by atoms with Crippen LogP contribution in [0.2, 0.25) is 0 Å². The van der Waals surface area contributed by atoms with E-state index in [1.54, 1.807) is 36.7 Å². The Morgan fingerprint density at radius 2 is 2.05 bits per heavy atom. The summed E-state index contributed by atoms with van der Waals surface area (Å²) in [5.74, 6) is 0. The van der Waals surface area contributed by atoms with Gasteiger partial charge in [0.2, 0.25) is 10.0 Å². The molecule has 0 aliphatic carbocycles. The molecule has 0 unspecified atom stereocenters. The Bertz CT molecular complexity index is 636. The highest BCUT2D eigenvalue weighted by molar-refractivity contribution is 7.89. The smallest absolute Gasteiger partial charge is 0.243 e. The zero-order valence-electron chi connectivity index (χ0n) is 10.9. The van der Waals surface area contributed by atoms with E-state index in [1.165, 1.54) is 4.31 Å². The molecule has 0 radical (unpaired) electrons. The lowest BCUT2D eigenvalue weighted by Crippen LogP contribution is -2.29. The van der Waals surface area contributed by atoms with Crippen LogP contribution >= 0.6 is 11.3 Å². The molecule has 0 aliphatic rings. The van der Waals surface area contributed by atoms with Crippen LogP contribution in [0, 0.1) is 6.92 Å². The van der Waals surface area contributed by atoms with Crippen LogP contribution in [0.1, 0.15) is 10.6 Å². The summed E-state index contributed by atoms with van der Waals surface area (Å²) < 4.78 is 26.2. The molecule has 0 atom stereocenters. The molecule has 1 aromatic carbocycles. The van der Waals surface area contributed by atoms with E-state index in [0.29, 0.717) is 17.9 Å². The summed E-state index contributed by atoms with van der Waals surface area (Å²) in [6.45, 7) is 2.24. The normalized spacial score (nSPS) is 11.9. The summed E-state index contributed by atoms with van der Waals surface area (Å²) in [6, 6.07) is 7.03.